The Kier molecular flexibility index (Phi) is 5.82. The van der Waals surface area contributed by atoms with Gasteiger partial charge in [0.1, 0.15) is 0 Å². The van der Waals surface area contributed by atoms with Crippen LogP contribution >= 0.6 is 0 Å². The van der Waals surface area contributed by atoms with Gasteiger partial charge in [-0.25, -0.2) is 0 Å². The summed E-state index contributed by atoms with van der Waals surface area (Å²) in [5, 5.41) is 10.2. The average molecular weight is 401 g/mol. The summed E-state index contributed by atoms with van der Waals surface area (Å²) in [7, 11) is 0. The van der Waals surface area contributed by atoms with Gasteiger partial charge in [0, 0.05) is 5.92 Å². The van der Waals surface area contributed by atoms with Crippen LogP contribution in [0, 0.1) is 46.3 Å². The summed E-state index contributed by atoms with van der Waals surface area (Å²) in [5.41, 5.74) is 1.77. The Hall–Kier alpha value is -0.630. The topological polar surface area (TPSA) is 37.3 Å². The molecule has 0 radical (unpaired) electrons. The SMILES string of the molecule is CC(C)CCC[C@@H](C)C1CC[C@H]2[C@@H]3C(=O)C=C4CC(O)CC[C@]4(C)[C@H]3CC[C@]12C. The van der Waals surface area contributed by atoms with E-state index in [1.165, 1.54) is 50.5 Å². The molecule has 0 aromatic rings. The van der Waals surface area contributed by atoms with Crippen molar-refractivity contribution < 1.29 is 9.90 Å². The highest BCUT2D eigenvalue weighted by Gasteiger charge is 2.61. The Morgan fingerprint density at radius 3 is 2.52 bits per heavy atom. The number of aliphatic hydroxyl groups excluding tert-OH is 1. The Morgan fingerprint density at radius 1 is 1.03 bits per heavy atom. The number of hydrogen-bond acceptors (Lipinski definition) is 2. The molecule has 2 nitrogen and oxygen atoms in total. The zero-order valence-electron chi connectivity index (χ0n) is 19.5. The van der Waals surface area contributed by atoms with Gasteiger partial charge < -0.3 is 5.11 Å². The molecule has 2 heteroatoms. The number of aliphatic hydroxyl groups is 1. The minimum absolute atomic E-state index is 0.153. The van der Waals surface area contributed by atoms with E-state index < -0.39 is 0 Å². The minimum atomic E-state index is -0.241. The molecule has 0 aromatic heterocycles. The molecule has 164 valence electrons. The first-order valence-corrected chi connectivity index (χ1v) is 12.6. The summed E-state index contributed by atoms with van der Waals surface area (Å²) in [6.45, 7) is 12.1. The highest BCUT2D eigenvalue weighted by Crippen LogP contribution is 2.66. The van der Waals surface area contributed by atoms with E-state index in [0.717, 1.165) is 37.0 Å². The molecule has 1 N–H and O–H groups in total. The summed E-state index contributed by atoms with van der Waals surface area (Å²) in [5.74, 6) is 4.11. The Labute approximate surface area is 178 Å². The normalized spacial score (nSPS) is 45.4. The van der Waals surface area contributed by atoms with Gasteiger partial charge in [0.15, 0.2) is 5.78 Å². The van der Waals surface area contributed by atoms with Crippen molar-refractivity contribution in [2.45, 2.75) is 105 Å². The summed E-state index contributed by atoms with van der Waals surface area (Å²) < 4.78 is 0. The van der Waals surface area contributed by atoms with Gasteiger partial charge in [0.05, 0.1) is 6.10 Å². The quantitative estimate of drug-likeness (QED) is 0.567. The first-order chi connectivity index (χ1) is 13.7. The third kappa shape index (κ3) is 3.56. The summed E-state index contributed by atoms with van der Waals surface area (Å²) in [6, 6.07) is 0. The van der Waals surface area contributed by atoms with Crippen molar-refractivity contribution in [3.63, 3.8) is 0 Å². The molecule has 0 heterocycles. The van der Waals surface area contributed by atoms with Crippen LogP contribution in [0.1, 0.15) is 98.8 Å². The maximum absolute atomic E-state index is 13.4. The Morgan fingerprint density at radius 2 is 1.79 bits per heavy atom. The molecule has 0 spiro atoms. The first-order valence-electron chi connectivity index (χ1n) is 12.6. The van der Waals surface area contributed by atoms with E-state index in [-0.39, 0.29) is 17.4 Å². The van der Waals surface area contributed by atoms with Crippen molar-refractivity contribution in [1.82, 2.24) is 0 Å². The molecule has 0 aromatic carbocycles. The molecule has 0 bridgehead atoms. The van der Waals surface area contributed by atoms with E-state index in [1.807, 2.05) is 6.08 Å². The van der Waals surface area contributed by atoms with Gasteiger partial charge in [-0.2, -0.15) is 0 Å². The molecule has 4 aliphatic rings. The van der Waals surface area contributed by atoms with Crippen LogP contribution in [0.5, 0.6) is 0 Å². The first kappa shape index (κ1) is 21.6. The van der Waals surface area contributed by atoms with E-state index >= 15 is 0 Å². The van der Waals surface area contributed by atoms with Crippen LogP contribution in [0.25, 0.3) is 0 Å². The van der Waals surface area contributed by atoms with Crippen LogP contribution in [0.15, 0.2) is 11.6 Å². The fourth-order valence-electron chi connectivity index (χ4n) is 8.41. The van der Waals surface area contributed by atoms with E-state index in [9.17, 15) is 9.90 Å². The second-order valence-electron chi connectivity index (χ2n) is 12.2. The van der Waals surface area contributed by atoms with Crippen molar-refractivity contribution in [1.29, 1.82) is 0 Å². The number of carbonyl (C=O) groups is 1. The van der Waals surface area contributed by atoms with E-state index in [1.54, 1.807) is 0 Å². The number of ketones is 1. The molecule has 29 heavy (non-hydrogen) atoms. The highest BCUT2D eigenvalue weighted by molar-refractivity contribution is 5.94. The predicted octanol–water partition coefficient (Wildman–Crippen LogP) is 6.57. The molecular weight excluding hydrogens is 356 g/mol. The largest absolute Gasteiger partial charge is 0.393 e. The Bertz CT molecular complexity index is 663. The smallest absolute Gasteiger partial charge is 0.159 e. The van der Waals surface area contributed by atoms with Crippen LogP contribution in [-0.2, 0) is 4.79 Å². The summed E-state index contributed by atoms with van der Waals surface area (Å²) in [6.07, 6.45) is 13.6. The van der Waals surface area contributed by atoms with Gasteiger partial charge in [0.25, 0.3) is 0 Å². The standard InChI is InChI=1S/C27H44O2/c1-17(2)7-6-8-18(3)21-9-10-22-25-23(12-14-27(21,22)5)26(4)13-11-20(28)15-19(26)16-24(25)29/h16-18,20-23,25,28H,6-15H2,1-5H3/t18-,20?,21?,22+,23+,25+,26+,27-/m1/s1. The van der Waals surface area contributed by atoms with Gasteiger partial charge in [0.2, 0.25) is 0 Å². The van der Waals surface area contributed by atoms with Crippen LogP contribution in [0.3, 0.4) is 0 Å². The lowest BCUT2D eigenvalue weighted by Gasteiger charge is -2.57. The third-order valence-electron chi connectivity index (χ3n) is 10.1. The fourth-order valence-corrected chi connectivity index (χ4v) is 8.41. The molecule has 0 saturated heterocycles. The van der Waals surface area contributed by atoms with Crippen LogP contribution in [0.2, 0.25) is 0 Å². The van der Waals surface area contributed by atoms with Gasteiger partial charge in [-0.1, -0.05) is 59.5 Å². The lowest BCUT2D eigenvalue weighted by Crippen LogP contribution is -2.53. The van der Waals surface area contributed by atoms with Crippen LogP contribution in [-0.4, -0.2) is 17.0 Å². The van der Waals surface area contributed by atoms with Gasteiger partial charge in [-0.3, -0.25) is 4.79 Å². The van der Waals surface area contributed by atoms with Crippen molar-refractivity contribution in [3.05, 3.63) is 11.6 Å². The lowest BCUT2D eigenvalue weighted by atomic mass is 9.46. The molecule has 0 amide bonds. The van der Waals surface area contributed by atoms with Crippen molar-refractivity contribution >= 4 is 5.78 Å². The van der Waals surface area contributed by atoms with Crippen molar-refractivity contribution in [2.75, 3.05) is 0 Å². The molecule has 3 fully saturated rings. The molecule has 8 atom stereocenters. The third-order valence-corrected chi connectivity index (χ3v) is 10.1. The second-order valence-corrected chi connectivity index (χ2v) is 12.2. The van der Waals surface area contributed by atoms with E-state index in [0.29, 0.717) is 23.0 Å². The molecule has 4 aliphatic carbocycles. The van der Waals surface area contributed by atoms with Crippen LogP contribution < -0.4 is 0 Å². The predicted molar refractivity (Wildman–Crippen MR) is 119 cm³/mol. The maximum atomic E-state index is 13.4. The highest BCUT2D eigenvalue weighted by atomic mass is 16.3. The number of rotatable bonds is 5. The van der Waals surface area contributed by atoms with E-state index in [4.69, 9.17) is 0 Å². The number of allylic oxidation sites excluding steroid dienone is 1. The number of fused-ring (bicyclic) bond motifs is 5. The monoisotopic (exact) mass is 400 g/mol. The molecule has 4 rings (SSSR count). The number of carbonyl (C=O) groups excluding carboxylic acids is 1. The summed E-state index contributed by atoms with van der Waals surface area (Å²) >= 11 is 0. The fraction of sp³-hybridized carbons (Fsp3) is 0.889. The maximum Gasteiger partial charge on any atom is 0.159 e. The van der Waals surface area contributed by atoms with E-state index in [2.05, 4.69) is 34.6 Å². The second kappa shape index (κ2) is 7.81. The summed E-state index contributed by atoms with van der Waals surface area (Å²) in [4.78, 5) is 13.4. The molecule has 3 saturated carbocycles. The average Bonchev–Trinajstić information content (AvgIpc) is 3.00. The van der Waals surface area contributed by atoms with Gasteiger partial charge >= 0.3 is 0 Å². The van der Waals surface area contributed by atoms with Crippen molar-refractivity contribution in [3.8, 4) is 0 Å². The zero-order valence-corrected chi connectivity index (χ0v) is 19.5. The molecule has 0 aliphatic heterocycles. The number of hydrogen-bond donors (Lipinski definition) is 1. The lowest BCUT2D eigenvalue weighted by molar-refractivity contribution is -0.135. The van der Waals surface area contributed by atoms with Gasteiger partial charge in [-0.05, 0) is 91.4 Å². The van der Waals surface area contributed by atoms with Crippen LogP contribution in [0.4, 0.5) is 0 Å². The van der Waals surface area contributed by atoms with Crippen molar-refractivity contribution in [2.24, 2.45) is 46.3 Å². The van der Waals surface area contributed by atoms with Gasteiger partial charge in [-0.15, -0.1) is 0 Å². The Balaban J connectivity index is 1.54. The zero-order chi connectivity index (χ0) is 21.0. The minimum Gasteiger partial charge on any atom is -0.393 e. The molecular formula is C27H44O2. The molecule has 2 unspecified atom stereocenters.